The molecule has 0 aliphatic heterocycles. The summed E-state index contributed by atoms with van der Waals surface area (Å²) in [6, 6.07) is 6.45. The third-order valence-corrected chi connectivity index (χ3v) is 2.36. The zero-order valence-corrected chi connectivity index (χ0v) is 10.8. The number of hydrogen-bond donors (Lipinski definition) is 3. The van der Waals surface area contributed by atoms with E-state index in [1.165, 1.54) is 0 Å². The van der Waals surface area contributed by atoms with Gasteiger partial charge in [0.2, 0.25) is 0 Å². The van der Waals surface area contributed by atoms with Gasteiger partial charge in [0.25, 0.3) is 6.47 Å². The minimum absolute atomic E-state index is 0.0127. The summed E-state index contributed by atoms with van der Waals surface area (Å²) in [6.07, 6.45) is 0.384. The van der Waals surface area contributed by atoms with Crippen molar-refractivity contribution in [1.82, 2.24) is 5.32 Å². The van der Waals surface area contributed by atoms with Crippen molar-refractivity contribution in [2.75, 3.05) is 11.9 Å². The molecule has 0 aliphatic rings. The number of amides is 2. The summed E-state index contributed by atoms with van der Waals surface area (Å²) in [5, 5.41) is 13.6. The lowest BCUT2D eigenvalue weighted by Crippen LogP contribution is -2.29. The van der Waals surface area contributed by atoms with Crippen LogP contribution in [-0.2, 0) is 20.9 Å². The van der Waals surface area contributed by atoms with E-state index in [0.717, 1.165) is 5.56 Å². The number of nitrogens with one attached hydrogen (secondary N) is 2. The molecule has 0 spiro atoms. The lowest BCUT2D eigenvalue weighted by Gasteiger charge is -2.08. The van der Waals surface area contributed by atoms with Crippen molar-refractivity contribution in [3.63, 3.8) is 0 Å². The highest BCUT2D eigenvalue weighted by atomic mass is 16.5. The molecular weight excluding hydrogens is 264 g/mol. The Morgan fingerprint density at radius 1 is 1.35 bits per heavy atom. The second kappa shape index (κ2) is 8.52. The van der Waals surface area contributed by atoms with Crippen molar-refractivity contribution < 1.29 is 24.2 Å². The highest BCUT2D eigenvalue weighted by Gasteiger charge is 2.03. The summed E-state index contributed by atoms with van der Waals surface area (Å²) in [4.78, 5) is 31.9. The summed E-state index contributed by atoms with van der Waals surface area (Å²) < 4.78 is 4.62. The molecule has 0 aliphatic carbocycles. The van der Waals surface area contributed by atoms with E-state index in [-0.39, 0.29) is 19.6 Å². The van der Waals surface area contributed by atoms with Gasteiger partial charge in [-0.05, 0) is 24.1 Å². The Labute approximate surface area is 115 Å². The Bertz CT molecular complexity index is 476. The van der Waals surface area contributed by atoms with Gasteiger partial charge in [0.1, 0.15) is 6.61 Å². The molecule has 0 aromatic heterocycles. The molecule has 20 heavy (non-hydrogen) atoms. The summed E-state index contributed by atoms with van der Waals surface area (Å²) in [5.41, 5.74) is 1.31. The van der Waals surface area contributed by atoms with Crippen LogP contribution >= 0.6 is 0 Å². The Morgan fingerprint density at radius 2 is 2.15 bits per heavy atom. The van der Waals surface area contributed by atoms with E-state index in [1.807, 2.05) is 0 Å². The van der Waals surface area contributed by atoms with E-state index >= 15 is 0 Å². The number of rotatable bonds is 8. The maximum atomic E-state index is 11.5. The van der Waals surface area contributed by atoms with E-state index in [0.29, 0.717) is 18.6 Å². The van der Waals surface area contributed by atoms with Gasteiger partial charge in [-0.15, -0.1) is 0 Å². The van der Waals surface area contributed by atoms with E-state index < -0.39 is 12.0 Å². The Hall–Kier alpha value is -2.57. The largest absolute Gasteiger partial charge is 0.481 e. The van der Waals surface area contributed by atoms with Crippen LogP contribution in [0.2, 0.25) is 0 Å². The molecule has 0 atom stereocenters. The van der Waals surface area contributed by atoms with Crippen LogP contribution in [0.25, 0.3) is 0 Å². The van der Waals surface area contributed by atoms with Gasteiger partial charge in [0.05, 0.1) is 0 Å². The molecule has 1 rings (SSSR count). The first kappa shape index (κ1) is 15.5. The zero-order valence-electron chi connectivity index (χ0n) is 10.8. The van der Waals surface area contributed by atoms with Crippen LogP contribution in [0.5, 0.6) is 0 Å². The normalized spacial score (nSPS) is 9.60. The molecule has 0 radical (unpaired) electrons. The van der Waals surface area contributed by atoms with Gasteiger partial charge in [0, 0.05) is 18.7 Å². The number of carbonyl (C=O) groups excluding carboxylic acids is 2. The SMILES string of the molecule is O=COCc1cccc(NC(=O)NCCCC(=O)O)c1. The monoisotopic (exact) mass is 280 g/mol. The lowest BCUT2D eigenvalue weighted by molar-refractivity contribution is -0.137. The minimum atomic E-state index is -0.893. The van der Waals surface area contributed by atoms with Crippen molar-refractivity contribution in [3.05, 3.63) is 29.8 Å². The fourth-order valence-electron chi connectivity index (χ4n) is 1.49. The summed E-state index contributed by atoms with van der Waals surface area (Å²) in [5.74, 6) is -0.893. The summed E-state index contributed by atoms with van der Waals surface area (Å²) in [7, 11) is 0. The standard InChI is InChI=1S/C13H16N2O5/c16-9-20-8-10-3-1-4-11(7-10)15-13(19)14-6-2-5-12(17)18/h1,3-4,7,9H,2,5-6,8H2,(H,17,18)(H2,14,15,19). The van der Waals surface area contributed by atoms with Crippen molar-refractivity contribution in [1.29, 1.82) is 0 Å². The zero-order chi connectivity index (χ0) is 14.8. The number of ether oxygens (including phenoxy) is 1. The first-order valence-corrected chi connectivity index (χ1v) is 6.02. The lowest BCUT2D eigenvalue weighted by atomic mass is 10.2. The third kappa shape index (κ3) is 6.39. The number of benzene rings is 1. The molecule has 3 N–H and O–H groups in total. The van der Waals surface area contributed by atoms with Crippen molar-refractivity contribution in [3.8, 4) is 0 Å². The van der Waals surface area contributed by atoms with Crippen LogP contribution in [0, 0.1) is 0 Å². The Balaban J connectivity index is 2.37. The average Bonchev–Trinajstić information content (AvgIpc) is 2.41. The van der Waals surface area contributed by atoms with Crippen molar-refractivity contribution >= 4 is 24.2 Å². The molecule has 1 aromatic carbocycles. The molecule has 0 bridgehead atoms. The van der Waals surface area contributed by atoms with Crippen LogP contribution in [0.3, 0.4) is 0 Å². The third-order valence-electron chi connectivity index (χ3n) is 2.36. The van der Waals surface area contributed by atoms with Gasteiger partial charge in [0.15, 0.2) is 0 Å². The van der Waals surface area contributed by atoms with Gasteiger partial charge < -0.3 is 20.5 Å². The maximum Gasteiger partial charge on any atom is 0.319 e. The Morgan fingerprint density at radius 3 is 2.85 bits per heavy atom. The highest BCUT2D eigenvalue weighted by molar-refractivity contribution is 5.89. The smallest absolute Gasteiger partial charge is 0.319 e. The molecule has 2 amide bonds. The van der Waals surface area contributed by atoms with Crippen molar-refractivity contribution in [2.45, 2.75) is 19.4 Å². The molecule has 108 valence electrons. The first-order valence-electron chi connectivity index (χ1n) is 6.02. The predicted octanol–water partition coefficient (Wildman–Crippen LogP) is 1.35. The first-order chi connectivity index (χ1) is 9.61. The quantitative estimate of drug-likeness (QED) is 0.492. The number of urea groups is 1. The second-order valence-electron chi connectivity index (χ2n) is 3.99. The van der Waals surface area contributed by atoms with E-state index in [9.17, 15) is 14.4 Å². The molecular formula is C13H16N2O5. The number of carbonyl (C=O) groups is 3. The van der Waals surface area contributed by atoms with Gasteiger partial charge in [-0.25, -0.2) is 4.79 Å². The highest BCUT2D eigenvalue weighted by Crippen LogP contribution is 2.11. The van der Waals surface area contributed by atoms with Gasteiger partial charge >= 0.3 is 12.0 Å². The summed E-state index contributed by atoms with van der Waals surface area (Å²) >= 11 is 0. The van der Waals surface area contributed by atoms with E-state index in [2.05, 4.69) is 15.4 Å². The number of anilines is 1. The van der Waals surface area contributed by atoms with E-state index in [1.54, 1.807) is 24.3 Å². The van der Waals surface area contributed by atoms with Gasteiger partial charge in [-0.3, -0.25) is 9.59 Å². The topological polar surface area (TPSA) is 105 Å². The molecule has 0 saturated carbocycles. The van der Waals surface area contributed by atoms with Gasteiger partial charge in [-0.2, -0.15) is 0 Å². The van der Waals surface area contributed by atoms with Gasteiger partial charge in [-0.1, -0.05) is 12.1 Å². The van der Waals surface area contributed by atoms with Crippen LogP contribution in [0.4, 0.5) is 10.5 Å². The molecule has 7 nitrogen and oxygen atoms in total. The minimum Gasteiger partial charge on any atom is -0.481 e. The summed E-state index contributed by atoms with van der Waals surface area (Å²) in [6.45, 7) is 0.778. The average molecular weight is 280 g/mol. The Kier molecular flexibility index (Phi) is 6.60. The molecule has 0 saturated heterocycles. The molecule has 1 aromatic rings. The number of carboxylic acid groups (broad SMARTS) is 1. The van der Waals surface area contributed by atoms with Crippen LogP contribution in [0.15, 0.2) is 24.3 Å². The maximum absolute atomic E-state index is 11.5. The molecule has 0 fully saturated rings. The second-order valence-corrected chi connectivity index (χ2v) is 3.99. The van der Waals surface area contributed by atoms with E-state index in [4.69, 9.17) is 5.11 Å². The van der Waals surface area contributed by atoms with Crippen LogP contribution in [0.1, 0.15) is 18.4 Å². The predicted molar refractivity (Wildman–Crippen MR) is 71.2 cm³/mol. The fraction of sp³-hybridized carbons (Fsp3) is 0.308. The number of hydrogen-bond acceptors (Lipinski definition) is 4. The fourth-order valence-corrected chi connectivity index (χ4v) is 1.49. The van der Waals surface area contributed by atoms with Crippen molar-refractivity contribution in [2.24, 2.45) is 0 Å². The molecule has 7 heteroatoms. The molecule has 0 heterocycles. The van der Waals surface area contributed by atoms with Crippen LogP contribution < -0.4 is 10.6 Å². The number of carboxylic acids is 1. The molecule has 0 unspecified atom stereocenters. The number of aliphatic carboxylic acids is 1. The van der Waals surface area contributed by atoms with Crippen LogP contribution in [-0.4, -0.2) is 30.1 Å².